The quantitative estimate of drug-likeness (QED) is 0.713. The number of hydrogen-bond donors (Lipinski definition) is 2. The van der Waals surface area contributed by atoms with E-state index < -0.39 is 0 Å². The number of aliphatic hydroxyl groups is 1. The lowest BCUT2D eigenvalue weighted by molar-refractivity contribution is 0.0907. The van der Waals surface area contributed by atoms with Crippen molar-refractivity contribution in [2.24, 2.45) is 11.1 Å². The summed E-state index contributed by atoms with van der Waals surface area (Å²) >= 11 is 0. The zero-order chi connectivity index (χ0) is 14.4. The molecular formula is C16H34N2O. The van der Waals surface area contributed by atoms with Crippen molar-refractivity contribution in [1.82, 2.24) is 4.90 Å². The summed E-state index contributed by atoms with van der Waals surface area (Å²) in [5, 5.41) is 9.32. The van der Waals surface area contributed by atoms with Crippen LogP contribution in [0.2, 0.25) is 0 Å². The predicted molar refractivity (Wildman–Crippen MR) is 82.2 cm³/mol. The van der Waals surface area contributed by atoms with Gasteiger partial charge < -0.3 is 15.7 Å². The first-order chi connectivity index (χ1) is 9.03. The van der Waals surface area contributed by atoms with E-state index >= 15 is 0 Å². The Morgan fingerprint density at radius 3 is 2.16 bits per heavy atom. The molecule has 0 bridgehead atoms. The van der Waals surface area contributed by atoms with Crippen molar-refractivity contribution in [2.45, 2.75) is 71.3 Å². The maximum absolute atomic E-state index is 9.32. The van der Waals surface area contributed by atoms with Gasteiger partial charge in [0.2, 0.25) is 0 Å². The van der Waals surface area contributed by atoms with Gasteiger partial charge in [0.1, 0.15) is 0 Å². The van der Waals surface area contributed by atoms with E-state index in [1.54, 1.807) is 0 Å². The third-order valence-corrected chi connectivity index (χ3v) is 5.58. The Morgan fingerprint density at radius 2 is 1.74 bits per heavy atom. The molecule has 0 saturated carbocycles. The third kappa shape index (κ3) is 4.73. The van der Waals surface area contributed by atoms with Crippen molar-refractivity contribution in [3.8, 4) is 0 Å². The second-order valence-electron chi connectivity index (χ2n) is 6.53. The van der Waals surface area contributed by atoms with Gasteiger partial charge in [-0.2, -0.15) is 0 Å². The molecule has 1 fully saturated rings. The van der Waals surface area contributed by atoms with Crippen LogP contribution >= 0.6 is 0 Å². The average molecular weight is 270 g/mol. The summed E-state index contributed by atoms with van der Waals surface area (Å²) in [6.45, 7) is 10.5. The molecule has 1 aliphatic heterocycles. The van der Waals surface area contributed by atoms with Gasteiger partial charge in [0.15, 0.2) is 0 Å². The first kappa shape index (κ1) is 16.9. The van der Waals surface area contributed by atoms with Crippen LogP contribution in [0.1, 0.15) is 65.7 Å². The SMILES string of the molecule is CCC(N)(CO)CCCN1CCC(CC)(CC)CC1. The number of likely N-dealkylation sites (tertiary alicyclic amines) is 1. The molecule has 3 N–H and O–H groups in total. The lowest BCUT2D eigenvalue weighted by Gasteiger charge is -2.41. The molecule has 114 valence electrons. The smallest absolute Gasteiger partial charge is 0.0611 e. The summed E-state index contributed by atoms with van der Waals surface area (Å²) in [5.74, 6) is 0. The van der Waals surface area contributed by atoms with Crippen molar-refractivity contribution in [3.05, 3.63) is 0 Å². The van der Waals surface area contributed by atoms with Crippen LogP contribution in [-0.4, -0.2) is 41.8 Å². The van der Waals surface area contributed by atoms with Crippen LogP contribution in [0.15, 0.2) is 0 Å². The molecule has 3 heteroatoms. The van der Waals surface area contributed by atoms with Crippen LogP contribution in [0.4, 0.5) is 0 Å². The highest BCUT2D eigenvalue weighted by Gasteiger charge is 2.31. The summed E-state index contributed by atoms with van der Waals surface area (Å²) in [6, 6.07) is 0. The second-order valence-corrected chi connectivity index (χ2v) is 6.53. The molecule has 0 aromatic carbocycles. The van der Waals surface area contributed by atoms with Gasteiger partial charge >= 0.3 is 0 Å². The van der Waals surface area contributed by atoms with Gasteiger partial charge in [0.05, 0.1) is 6.61 Å². The molecule has 0 radical (unpaired) electrons. The molecule has 1 rings (SSSR count). The van der Waals surface area contributed by atoms with E-state index in [9.17, 15) is 5.11 Å². The second kappa shape index (κ2) is 7.61. The topological polar surface area (TPSA) is 49.5 Å². The normalized spacial score (nSPS) is 23.2. The third-order valence-electron chi connectivity index (χ3n) is 5.58. The summed E-state index contributed by atoms with van der Waals surface area (Å²) < 4.78 is 0. The molecule has 0 amide bonds. The van der Waals surface area contributed by atoms with Crippen LogP contribution in [-0.2, 0) is 0 Å². The lowest BCUT2D eigenvalue weighted by atomic mass is 9.74. The Morgan fingerprint density at radius 1 is 1.16 bits per heavy atom. The van der Waals surface area contributed by atoms with Gasteiger partial charge in [0.25, 0.3) is 0 Å². The van der Waals surface area contributed by atoms with Crippen LogP contribution < -0.4 is 5.73 Å². The van der Waals surface area contributed by atoms with Crippen LogP contribution in [0.25, 0.3) is 0 Å². The highest BCUT2D eigenvalue weighted by molar-refractivity contribution is 4.85. The molecule has 1 aliphatic rings. The van der Waals surface area contributed by atoms with Gasteiger partial charge in [-0.15, -0.1) is 0 Å². The van der Waals surface area contributed by atoms with Gasteiger partial charge in [-0.3, -0.25) is 0 Å². The molecule has 3 nitrogen and oxygen atoms in total. The molecule has 0 spiro atoms. The Hall–Kier alpha value is -0.120. The number of rotatable bonds is 8. The Labute approximate surface area is 119 Å². The minimum absolute atomic E-state index is 0.109. The van der Waals surface area contributed by atoms with Crippen LogP contribution in [0.5, 0.6) is 0 Å². The number of hydrogen-bond acceptors (Lipinski definition) is 3. The van der Waals surface area contributed by atoms with Crippen molar-refractivity contribution in [1.29, 1.82) is 0 Å². The van der Waals surface area contributed by atoms with Gasteiger partial charge in [-0.25, -0.2) is 0 Å². The molecule has 0 aliphatic carbocycles. The number of nitrogens with two attached hydrogens (primary N) is 1. The summed E-state index contributed by atoms with van der Waals surface area (Å²) in [7, 11) is 0. The Balaban J connectivity index is 2.27. The van der Waals surface area contributed by atoms with Crippen molar-refractivity contribution in [3.63, 3.8) is 0 Å². The lowest BCUT2D eigenvalue weighted by Crippen LogP contribution is -2.44. The summed E-state index contributed by atoms with van der Waals surface area (Å²) in [6.07, 6.45) is 8.24. The minimum Gasteiger partial charge on any atom is -0.394 e. The Bertz CT molecular complexity index is 237. The molecule has 1 saturated heterocycles. The fraction of sp³-hybridized carbons (Fsp3) is 1.00. The molecule has 19 heavy (non-hydrogen) atoms. The molecule has 1 unspecified atom stereocenters. The predicted octanol–water partition coefficient (Wildman–Crippen LogP) is 2.77. The monoisotopic (exact) mass is 270 g/mol. The zero-order valence-electron chi connectivity index (χ0n) is 13.2. The number of piperidine rings is 1. The van der Waals surface area contributed by atoms with E-state index in [4.69, 9.17) is 5.73 Å². The number of nitrogens with zero attached hydrogens (tertiary/aromatic N) is 1. The fourth-order valence-electron chi connectivity index (χ4n) is 3.23. The van der Waals surface area contributed by atoms with Crippen LogP contribution in [0.3, 0.4) is 0 Å². The molecule has 1 atom stereocenters. The van der Waals surface area contributed by atoms with Crippen LogP contribution in [0, 0.1) is 5.41 Å². The maximum Gasteiger partial charge on any atom is 0.0611 e. The fourth-order valence-corrected chi connectivity index (χ4v) is 3.23. The average Bonchev–Trinajstić information content (AvgIpc) is 2.48. The van der Waals surface area contributed by atoms with E-state index in [0.29, 0.717) is 5.41 Å². The highest BCUT2D eigenvalue weighted by Crippen LogP contribution is 2.37. The molecule has 0 aromatic rings. The molecular weight excluding hydrogens is 236 g/mol. The van der Waals surface area contributed by atoms with E-state index in [0.717, 1.165) is 25.8 Å². The molecule has 0 aromatic heterocycles. The minimum atomic E-state index is -0.355. The maximum atomic E-state index is 9.32. The van der Waals surface area contributed by atoms with Gasteiger partial charge in [-0.05, 0) is 57.2 Å². The van der Waals surface area contributed by atoms with Gasteiger partial charge in [-0.1, -0.05) is 33.6 Å². The summed E-state index contributed by atoms with van der Waals surface area (Å²) in [5.41, 5.74) is 6.39. The standard InChI is InChI=1S/C16H34N2O/c1-4-15(5-2)9-12-18(13-10-15)11-7-8-16(17,6-3)14-19/h19H,4-14,17H2,1-3H3. The Kier molecular flexibility index (Phi) is 6.78. The van der Waals surface area contributed by atoms with E-state index in [2.05, 4.69) is 25.7 Å². The largest absolute Gasteiger partial charge is 0.394 e. The highest BCUT2D eigenvalue weighted by atomic mass is 16.3. The first-order valence-corrected chi connectivity index (χ1v) is 8.15. The van der Waals surface area contributed by atoms with Gasteiger partial charge in [0, 0.05) is 5.54 Å². The number of aliphatic hydroxyl groups excluding tert-OH is 1. The summed E-state index contributed by atoms with van der Waals surface area (Å²) in [4.78, 5) is 2.58. The molecule has 1 heterocycles. The van der Waals surface area contributed by atoms with Crippen molar-refractivity contribution >= 4 is 0 Å². The zero-order valence-corrected chi connectivity index (χ0v) is 13.2. The van der Waals surface area contributed by atoms with E-state index in [-0.39, 0.29) is 12.1 Å². The van der Waals surface area contributed by atoms with Crippen molar-refractivity contribution in [2.75, 3.05) is 26.2 Å². The first-order valence-electron chi connectivity index (χ1n) is 8.15. The van der Waals surface area contributed by atoms with E-state index in [1.807, 2.05) is 0 Å². The van der Waals surface area contributed by atoms with E-state index in [1.165, 1.54) is 38.8 Å². The van der Waals surface area contributed by atoms with Crippen molar-refractivity contribution < 1.29 is 5.11 Å².